The second-order valence-electron chi connectivity index (χ2n) is 8.76. The lowest BCUT2D eigenvalue weighted by atomic mass is 9.87. The molecule has 1 amide bonds. The number of amides is 1. The van der Waals surface area contributed by atoms with Crippen LogP contribution < -0.4 is 14.8 Å². The highest BCUT2D eigenvalue weighted by molar-refractivity contribution is 5.81. The van der Waals surface area contributed by atoms with Gasteiger partial charge in [0.2, 0.25) is 5.91 Å². The zero-order valence-corrected chi connectivity index (χ0v) is 21.5. The zero-order valence-electron chi connectivity index (χ0n) is 21.5. The standard InChI is InChI=1S/C22H38N2O5.C3H6/c1-22(2,3)14-17(24(4)15-20(28-7)29-8)21(25)23-12-11-16-9-10-18(26-5)19(13-16)27-6;1-3-2/h9-10,13,17,20H,11-12,14-15H2,1-8H3,(H,23,25);3H,1H2,2H3. The Bertz CT molecular complexity index is 669. The average molecular weight is 453 g/mol. The van der Waals surface area contributed by atoms with Crippen LogP contribution in [0.25, 0.3) is 0 Å². The molecule has 0 saturated heterocycles. The van der Waals surface area contributed by atoms with Crippen molar-refractivity contribution in [3.05, 3.63) is 36.4 Å². The normalized spacial score (nSPS) is 12.1. The molecule has 7 heteroatoms. The molecular weight excluding hydrogens is 408 g/mol. The summed E-state index contributed by atoms with van der Waals surface area (Å²) in [6.07, 6.45) is 2.81. The lowest BCUT2D eigenvalue weighted by Gasteiger charge is -2.33. The molecule has 0 spiro atoms. The van der Waals surface area contributed by atoms with Gasteiger partial charge in [0.1, 0.15) is 0 Å². The third-order valence-corrected chi connectivity index (χ3v) is 4.76. The van der Waals surface area contributed by atoms with Gasteiger partial charge in [-0.2, -0.15) is 0 Å². The Hall–Kier alpha value is -2.09. The number of benzene rings is 1. The van der Waals surface area contributed by atoms with Crippen molar-refractivity contribution < 1.29 is 23.7 Å². The molecule has 1 atom stereocenters. The Balaban J connectivity index is 0.00000302. The van der Waals surface area contributed by atoms with Crippen LogP contribution in [0, 0.1) is 5.41 Å². The molecule has 0 aliphatic rings. The molecule has 0 radical (unpaired) electrons. The van der Waals surface area contributed by atoms with Crippen LogP contribution >= 0.6 is 0 Å². The lowest BCUT2D eigenvalue weighted by molar-refractivity contribution is -0.135. The number of nitrogens with one attached hydrogen (secondary N) is 1. The largest absolute Gasteiger partial charge is 0.493 e. The molecule has 0 aromatic heterocycles. The van der Waals surface area contributed by atoms with Gasteiger partial charge in [-0.15, -0.1) is 6.58 Å². The minimum Gasteiger partial charge on any atom is -0.493 e. The van der Waals surface area contributed by atoms with Gasteiger partial charge < -0.3 is 24.3 Å². The minimum absolute atomic E-state index is 0.00820. The Labute approximate surface area is 195 Å². The van der Waals surface area contributed by atoms with Gasteiger partial charge in [-0.3, -0.25) is 9.69 Å². The summed E-state index contributed by atoms with van der Waals surface area (Å²) in [6, 6.07) is 5.52. The first kappa shape index (κ1) is 29.9. The molecule has 0 aliphatic heterocycles. The maximum Gasteiger partial charge on any atom is 0.237 e. The Kier molecular flexibility index (Phi) is 14.6. The Morgan fingerprint density at radius 1 is 1.12 bits per heavy atom. The van der Waals surface area contributed by atoms with Crippen LogP contribution in [0.3, 0.4) is 0 Å². The maximum atomic E-state index is 13.0. The summed E-state index contributed by atoms with van der Waals surface area (Å²) in [4.78, 5) is 14.9. The molecule has 1 N–H and O–H groups in total. The number of hydrogen-bond acceptors (Lipinski definition) is 6. The summed E-state index contributed by atoms with van der Waals surface area (Å²) in [7, 11) is 8.36. The third-order valence-electron chi connectivity index (χ3n) is 4.76. The molecule has 0 saturated carbocycles. The van der Waals surface area contributed by atoms with Gasteiger partial charge in [-0.05, 0) is 49.9 Å². The number of likely N-dealkylation sites (N-methyl/N-ethyl adjacent to an activating group) is 1. The predicted octanol–water partition coefficient (Wildman–Crippen LogP) is 3.91. The van der Waals surface area contributed by atoms with E-state index in [1.165, 1.54) is 0 Å². The number of allylic oxidation sites excluding steroid dienone is 1. The first-order valence-electron chi connectivity index (χ1n) is 10.9. The van der Waals surface area contributed by atoms with Crippen molar-refractivity contribution in [3.8, 4) is 11.5 Å². The number of carbonyl (C=O) groups excluding carboxylic acids is 1. The molecule has 1 unspecified atom stereocenters. The molecule has 1 aromatic carbocycles. The maximum absolute atomic E-state index is 13.0. The SMILES string of the molecule is C=CC.COc1ccc(CCNC(=O)C(CC(C)(C)C)N(C)CC(OC)OC)cc1OC. The van der Waals surface area contributed by atoms with E-state index in [-0.39, 0.29) is 23.7 Å². The fraction of sp³-hybridized carbons (Fsp3) is 0.640. The van der Waals surface area contributed by atoms with E-state index in [9.17, 15) is 4.79 Å². The first-order valence-corrected chi connectivity index (χ1v) is 10.9. The van der Waals surface area contributed by atoms with Gasteiger partial charge in [-0.1, -0.05) is 32.9 Å². The smallest absolute Gasteiger partial charge is 0.237 e. The highest BCUT2D eigenvalue weighted by atomic mass is 16.7. The molecule has 0 bridgehead atoms. The molecule has 7 nitrogen and oxygen atoms in total. The van der Waals surface area contributed by atoms with E-state index >= 15 is 0 Å². The van der Waals surface area contributed by atoms with E-state index in [0.717, 1.165) is 12.0 Å². The summed E-state index contributed by atoms with van der Waals surface area (Å²) in [5, 5.41) is 3.08. The zero-order chi connectivity index (χ0) is 24.7. The van der Waals surface area contributed by atoms with Crippen LogP contribution in [0.15, 0.2) is 30.9 Å². The van der Waals surface area contributed by atoms with Crippen LogP contribution in [-0.4, -0.2) is 71.7 Å². The summed E-state index contributed by atoms with van der Waals surface area (Å²) in [5.41, 5.74) is 1.08. The van der Waals surface area contributed by atoms with Crippen molar-refractivity contribution in [2.45, 2.75) is 52.9 Å². The Morgan fingerprint density at radius 2 is 1.69 bits per heavy atom. The fourth-order valence-corrected chi connectivity index (χ4v) is 3.12. The second kappa shape index (κ2) is 15.7. The summed E-state index contributed by atoms with van der Waals surface area (Å²) in [6.45, 7) is 12.7. The van der Waals surface area contributed by atoms with Gasteiger partial charge >= 0.3 is 0 Å². The van der Waals surface area contributed by atoms with Gasteiger partial charge in [0.25, 0.3) is 0 Å². The van der Waals surface area contributed by atoms with Crippen molar-refractivity contribution in [1.29, 1.82) is 0 Å². The van der Waals surface area contributed by atoms with E-state index < -0.39 is 0 Å². The van der Waals surface area contributed by atoms with Crippen LogP contribution in [-0.2, 0) is 20.7 Å². The van der Waals surface area contributed by atoms with Crippen LogP contribution in [0.5, 0.6) is 11.5 Å². The number of methoxy groups -OCH3 is 4. The fourth-order valence-electron chi connectivity index (χ4n) is 3.12. The van der Waals surface area contributed by atoms with Crippen molar-refractivity contribution in [2.75, 3.05) is 48.6 Å². The molecule has 1 aromatic rings. The number of hydrogen-bond donors (Lipinski definition) is 1. The molecule has 0 aliphatic carbocycles. The number of carbonyl (C=O) groups is 1. The molecule has 0 fully saturated rings. The third kappa shape index (κ3) is 11.5. The molecular formula is C25H44N2O5. The number of ether oxygens (including phenoxy) is 4. The van der Waals surface area contributed by atoms with Crippen LogP contribution in [0.1, 0.15) is 39.7 Å². The van der Waals surface area contributed by atoms with E-state index in [4.69, 9.17) is 18.9 Å². The molecule has 184 valence electrons. The Morgan fingerprint density at radius 3 is 2.16 bits per heavy atom. The van der Waals surface area contributed by atoms with Crippen molar-refractivity contribution in [1.82, 2.24) is 10.2 Å². The second-order valence-corrected chi connectivity index (χ2v) is 8.76. The van der Waals surface area contributed by atoms with Gasteiger partial charge in [0.05, 0.1) is 20.3 Å². The topological polar surface area (TPSA) is 69.3 Å². The van der Waals surface area contributed by atoms with Gasteiger partial charge in [0, 0.05) is 27.3 Å². The first-order chi connectivity index (χ1) is 15.1. The van der Waals surface area contributed by atoms with E-state index in [2.05, 4.69) is 32.7 Å². The van der Waals surface area contributed by atoms with Crippen LogP contribution in [0.4, 0.5) is 0 Å². The summed E-state index contributed by atoms with van der Waals surface area (Å²) >= 11 is 0. The summed E-state index contributed by atoms with van der Waals surface area (Å²) in [5.74, 6) is 1.39. The van der Waals surface area contributed by atoms with Gasteiger partial charge in [0.15, 0.2) is 17.8 Å². The minimum atomic E-state index is -0.373. The van der Waals surface area contributed by atoms with Crippen molar-refractivity contribution in [2.24, 2.45) is 5.41 Å². The highest BCUT2D eigenvalue weighted by Crippen LogP contribution is 2.27. The van der Waals surface area contributed by atoms with Crippen molar-refractivity contribution in [3.63, 3.8) is 0 Å². The number of rotatable bonds is 12. The predicted molar refractivity (Wildman–Crippen MR) is 130 cm³/mol. The van der Waals surface area contributed by atoms with E-state index in [1.54, 1.807) is 34.5 Å². The van der Waals surface area contributed by atoms with Gasteiger partial charge in [-0.25, -0.2) is 0 Å². The van der Waals surface area contributed by atoms with E-state index in [1.807, 2.05) is 37.1 Å². The molecule has 32 heavy (non-hydrogen) atoms. The monoisotopic (exact) mass is 452 g/mol. The molecule has 0 heterocycles. The van der Waals surface area contributed by atoms with E-state index in [0.29, 0.717) is 31.0 Å². The highest BCUT2D eigenvalue weighted by Gasteiger charge is 2.29. The summed E-state index contributed by atoms with van der Waals surface area (Å²) < 4.78 is 21.2. The average Bonchev–Trinajstić information content (AvgIpc) is 2.75. The van der Waals surface area contributed by atoms with Crippen LogP contribution in [0.2, 0.25) is 0 Å². The lowest BCUT2D eigenvalue weighted by Crippen LogP contribution is -2.49. The molecule has 1 rings (SSSR count). The quantitative estimate of drug-likeness (QED) is 0.383. The van der Waals surface area contributed by atoms with Crippen molar-refractivity contribution >= 4 is 5.91 Å². The number of nitrogens with zero attached hydrogens (tertiary/aromatic N) is 1.